The van der Waals surface area contributed by atoms with E-state index in [4.69, 9.17) is 10.7 Å². The first-order chi connectivity index (χ1) is 7.33. The Labute approximate surface area is 94.3 Å². The van der Waals surface area contributed by atoms with Gasteiger partial charge in [0.15, 0.2) is 5.13 Å². The lowest BCUT2D eigenvalue weighted by atomic mass is 10.0. The molecule has 1 aromatic heterocycles. The van der Waals surface area contributed by atoms with E-state index in [1.165, 1.54) is 41.4 Å². The van der Waals surface area contributed by atoms with E-state index in [2.05, 4.69) is 4.90 Å². The van der Waals surface area contributed by atoms with Gasteiger partial charge in [-0.3, -0.25) is 0 Å². The lowest BCUT2D eigenvalue weighted by molar-refractivity contribution is 0.681. The summed E-state index contributed by atoms with van der Waals surface area (Å²) in [5, 5.41) is 1.22. The van der Waals surface area contributed by atoms with Crippen LogP contribution < -0.4 is 10.6 Å². The average Bonchev–Trinajstić information content (AvgIpc) is 2.82. The Morgan fingerprint density at radius 2 is 2.20 bits per heavy atom. The van der Waals surface area contributed by atoms with Gasteiger partial charge in [0.1, 0.15) is 0 Å². The van der Waals surface area contributed by atoms with Crippen molar-refractivity contribution in [2.45, 2.75) is 38.1 Å². The number of hydrogen-bond donors (Lipinski definition) is 1. The normalized spacial score (nSPS) is 25.7. The highest BCUT2D eigenvalue weighted by atomic mass is 32.1. The van der Waals surface area contributed by atoms with Crippen LogP contribution in [0.2, 0.25) is 0 Å². The second-order valence-electron chi connectivity index (χ2n) is 4.57. The van der Waals surface area contributed by atoms with Crippen LogP contribution in [-0.4, -0.2) is 24.1 Å². The molecule has 0 saturated carbocycles. The Morgan fingerprint density at radius 1 is 1.33 bits per heavy atom. The average molecular weight is 223 g/mol. The van der Waals surface area contributed by atoms with Gasteiger partial charge >= 0.3 is 0 Å². The Morgan fingerprint density at radius 3 is 2.93 bits per heavy atom. The SMILES string of the molecule is NC1CCN(c2nc3c(s2)CCCC3)C1. The van der Waals surface area contributed by atoms with Crippen LogP contribution in [0.3, 0.4) is 0 Å². The Bertz CT molecular complexity index is 337. The maximum Gasteiger partial charge on any atom is 0.185 e. The molecule has 1 aliphatic carbocycles. The molecule has 1 saturated heterocycles. The van der Waals surface area contributed by atoms with Crippen LogP contribution in [0.1, 0.15) is 29.8 Å². The van der Waals surface area contributed by atoms with Gasteiger partial charge in [-0.2, -0.15) is 0 Å². The molecule has 1 fully saturated rings. The van der Waals surface area contributed by atoms with Crippen LogP contribution in [0.25, 0.3) is 0 Å². The van der Waals surface area contributed by atoms with Crippen LogP contribution in [-0.2, 0) is 12.8 Å². The van der Waals surface area contributed by atoms with E-state index < -0.39 is 0 Å². The molecule has 1 aromatic rings. The molecule has 0 aromatic carbocycles. The lowest BCUT2D eigenvalue weighted by Gasteiger charge is -2.13. The van der Waals surface area contributed by atoms with Gasteiger partial charge in [-0.1, -0.05) is 0 Å². The minimum atomic E-state index is 0.353. The number of anilines is 1. The summed E-state index contributed by atoms with van der Waals surface area (Å²) in [5.74, 6) is 0. The Kier molecular flexibility index (Phi) is 2.41. The van der Waals surface area contributed by atoms with E-state index in [1.54, 1.807) is 0 Å². The van der Waals surface area contributed by atoms with Crippen molar-refractivity contribution in [3.63, 3.8) is 0 Å². The molecule has 2 aliphatic rings. The van der Waals surface area contributed by atoms with E-state index >= 15 is 0 Å². The first kappa shape index (κ1) is 9.60. The minimum absolute atomic E-state index is 0.353. The fourth-order valence-electron chi connectivity index (χ4n) is 2.43. The van der Waals surface area contributed by atoms with Crippen LogP contribution in [0, 0.1) is 0 Å². The maximum absolute atomic E-state index is 5.92. The number of fused-ring (bicyclic) bond motifs is 1. The molecule has 2 heterocycles. The van der Waals surface area contributed by atoms with Crippen molar-refractivity contribution in [1.29, 1.82) is 0 Å². The quantitative estimate of drug-likeness (QED) is 0.785. The predicted molar refractivity (Wildman–Crippen MR) is 63.6 cm³/mol. The van der Waals surface area contributed by atoms with Gasteiger partial charge in [0.05, 0.1) is 5.69 Å². The topological polar surface area (TPSA) is 42.1 Å². The number of thiazole rings is 1. The fourth-order valence-corrected chi connectivity index (χ4v) is 3.62. The van der Waals surface area contributed by atoms with Crippen molar-refractivity contribution in [3.05, 3.63) is 10.6 Å². The smallest absolute Gasteiger partial charge is 0.185 e. The van der Waals surface area contributed by atoms with Gasteiger partial charge in [-0.15, -0.1) is 11.3 Å². The summed E-state index contributed by atoms with van der Waals surface area (Å²) in [5.41, 5.74) is 7.28. The second kappa shape index (κ2) is 3.76. The van der Waals surface area contributed by atoms with E-state index in [-0.39, 0.29) is 0 Å². The molecule has 0 radical (unpaired) electrons. The zero-order valence-corrected chi connectivity index (χ0v) is 9.72. The molecule has 3 nitrogen and oxygen atoms in total. The highest BCUT2D eigenvalue weighted by molar-refractivity contribution is 7.15. The number of nitrogens with two attached hydrogens (primary N) is 1. The molecule has 1 aliphatic heterocycles. The van der Waals surface area contributed by atoms with Gasteiger partial charge < -0.3 is 10.6 Å². The highest BCUT2D eigenvalue weighted by Gasteiger charge is 2.24. The molecule has 3 rings (SSSR count). The number of aryl methyl sites for hydroxylation is 2. The van der Waals surface area contributed by atoms with Crippen LogP contribution in [0.4, 0.5) is 5.13 Å². The standard InChI is InChI=1S/C11H17N3S/c12-8-5-6-14(7-8)11-13-9-3-1-2-4-10(9)15-11/h8H,1-7,12H2. The van der Waals surface area contributed by atoms with Crippen LogP contribution >= 0.6 is 11.3 Å². The fraction of sp³-hybridized carbons (Fsp3) is 0.727. The summed E-state index contributed by atoms with van der Waals surface area (Å²) in [6.07, 6.45) is 6.20. The molecule has 82 valence electrons. The van der Waals surface area contributed by atoms with E-state index in [0.29, 0.717) is 6.04 Å². The zero-order valence-electron chi connectivity index (χ0n) is 8.91. The van der Waals surface area contributed by atoms with Crippen molar-refractivity contribution < 1.29 is 0 Å². The summed E-state index contributed by atoms with van der Waals surface area (Å²) in [4.78, 5) is 8.64. The summed E-state index contributed by atoms with van der Waals surface area (Å²) >= 11 is 1.89. The molecule has 0 bridgehead atoms. The van der Waals surface area contributed by atoms with Crippen molar-refractivity contribution in [1.82, 2.24) is 4.98 Å². The van der Waals surface area contributed by atoms with Crippen molar-refractivity contribution in [2.75, 3.05) is 18.0 Å². The van der Waals surface area contributed by atoms with Gasteiger partial charge in [-0.25, -0.2) is 4.98 Å². The largest absolute Gasteiger partial charge is 0.346 e. The zero-order chi connectivity index (χ0) is 10.3. The summed E-state index contributed by atoms with van der Waals surface area (Å²) in [6, 6.07) is 0.353. The molecule has 0 spiro atoms. The number of rotatable bonds is 1. The summed E-state index contributed by atoms with van der Waals surface area (Å²) < 4.78 is 0. The maximum atomic E-state index is 5.92. The monoisotopic (exact) mass is 223 g/mol. The second-order valence-corrected chi connectivity index (χ2v) is 5.63. The Hall–Kier alpha value is -0.610. The highest BCUT2D eigenvalue weighted by Crippen LogP contribution is 2.32. The predicted octanol–water partition coefficient (Wildman–Crippen LogP) is 1.56. The van der Waals surface area contributed by atoms with Gasteiger partial charge in [-0.05, 0) is 32.1 Å². The van der Waals surface area contributed by atoms with Crippen LogP contribution in [0.15, 0.2) is 0 Å². The van der Waals surface area contributed by atoms with Gasteiger partial charge in [0, 0.05) is 24.0 Å². The molecule has 2 N–H and O–H groups in total. The molecule has 4 heteroatoms. The third kappa shape index (κ3) is 1.76. The van der Waals surface area contributed by atoms with Crippen molar-refractivity contribution in [3.8, 4) is 0 Å². The van der Waals surface area contributed by atoms with Crippen molar-refractivity contribution >= 4 is 16.5 Å². The van der Waals surface area contributed by atoms with Gasteiger partial charge in [0.25, 0.3) is 0 Å². The molecule has 1 unspecified atom stereocenters. The molecular formula is C11H17N3S. The molecule has 1 atom stereocenters. The molecule has 15 heavy (non-hydrogen) atoms. The number of nitrogens with zero attached hydrogens (tertiary/aromatic N) is 2. The van der Waals surface area contributed by atoms with Gasteiger partial charge in [0.2, 0.25) is 0 Å². The van der Waals surface area contributed by atoms with E-state index in [9.17, 15) is 0 Å². The third-order valence-electron chi connectivity index (χ3n) is 3.33. The molecular weight excluding hydrogens is 206 g/mol. The van der Waals surface area contributed by atoms with Crippen LogP contribution in [0.5, 0.6) is 0 Å². The Balaban J connectivity index is 1.83. The van der Waals surface area contributed by atoms with E-state index in [1.807, 2.05) is 11.3 Å². The van der Waals surface area contributed by atoms with E-state index in [0.717, 1.165) is 19.5 Å². The first-order valence-electron chi connectivity index (χ1n) is 5.82. The summed E-state index contributed by atoms with van der Waals surface area (Å²) in [6.45, 7) is 2.08. The number of aromatic nitrogens is 1. The lowest BCUT2D eigenvalue weighted by Crippen LogP contribution is -2.26. The first-order valence-corrected chi connectivity index (χ1v) is 6.63. The van der Waals surface area contributed by atoms with Crippen molar-refractivity contribution in [2.24, 2.45) is 5.73 Å². The summed E-state index contributed by atoms with van der Waals surface area (Å²) in [7, 11) is 0. The third-order valence-corrected chi connectivity index (χ3v) is 4.55. The number of hydrogen-bond acceptors (Lipinski definition) is 4. The minimum Gasteiger partial charge on any atom is -0.346 e. The molecule has 0 amide bonds.